The van der Waals surface area contributed by atoms with E-state index in [9.17, 15) is 9.18 Å². The molecular weight excluding hydrogens is 1470 g/mol. The third kappa shape index (κ3) is 209. The van der Waals surface area contributed by atoms with Gasteiger partial charge in [-0.3, -0.25) is 4.79 Å². The maximum Gasteiger partial charge on any atom is 0.217 e. The fourth-order valence-corrected chi connectivity index (χ4v) is 3.87. The molecule has 1 N–H and O–H groups in total. The first-order valence-electron chi connectivity index (χ1n) is 45.5. The van der Waals surface area contributed by atoms with Gasteiger partial charge in [-0.15, -0.1) is 0 Å². The van der Waals surface area contributed by atoms with Crippen molar-refractivity contribution in [2.75, 3.05) is 34.0 Å². The molecular formula is C101H204FN7O9. The summed E-state index contributed by atoms with van der Waals surface area (Å²) in [6.45, 7) is 102. The van der Waals surface area contributed by atoms with Crippen LogP contribution in [-0.4, -0.2) is 111 Å². The van der Waals surface area contributed by atoms with Gasteiger partial charge < -0.3 is 43.8 Å². The van der Waals surface area contributed by atoms with Crippen molar-refractivity contribution in [1.29, 1.82) is 0 Å². The van der Waals surface area contributed by atoms with Crippen molar-refractivity contribution in [3.63, 3.8) is 0 Å². The van der Waals surface area contributed by atoms with Gasteiger partial charge in [0.15, 0.2) is 6.67 Å². The van der Waals surface area contributed by atoms with Crippen molar-refractivity contribution >= 4 is 40.2 Å². The Labute approximate surface area is 739 Å². The summed E-state index contributed by atoms with van der Waals surface area (Å²) in [6, 6.07) is 0. The highest BCUT2D eigenvalue weighted by Crippen LogP contribution is 2.27. The van der Waals surface area contributed by atoms with E-state index >= 15 is 0 Å². The molecule has 0 atom stereocenters. The highest BCUT2D eigenvalue weighted by atomic mass is 19.1. The third-order valence-electron chi connectivity index (χ3n) is 8.33. The number of alkyl halides is 1. The topological polar surface area (TPSA) is 177 Å². The van der Waals surface area contributed by atoms with Gasteiger partial charge in [-0.05, 0) is 138 Å². The van der Waals surface area contributed by atoms with E-state index in [1.807, 2.05) is 152 Å². The van der Waals surface area contributed by atoms with Crippen LogP contribution >= 0.6 is 0 Å². The van der Waals surface area contributed by atoms with Crippen LogP contribution in [-0.2, 0) is 43.3 Å². The van der Waals surface area contributed by atoms with Crippen molar-refractivity contribution in [2.45, 2.75) is 473 Å². The van der Waals surface area contributed by atoms with Gasteiger partial charge in [0.25, 0.3) is 0 Å². The lowest BCUT2D eigenvalue weighted by Crippen LogP contribution is -2.20. The summed E-state index contributed by atoms with van der Waals surface area (Å²) in [5.74, 6) is 33.4. The predicted octanol–water partition coefficient (Wildman–Crippen LogP) is 30.3. The molecule has 0 unspecified atom stereocenters. The number of ether oxygens (including phenoxy) is 2. The molecule has 1 amide bonds. The Bertz CT molecular complexity index is 2420. The van der Waals surface area contributed by atoms with Gasteiger partial charge in [0.2, 0.25) is 5.91 Å². The zero-order chi connectivity index (χ0) is 96.7. The molecule has 0 heterocycles. The highest BCUT2D eigenvalue weighted by Gasteiger charge is 2.18. The summed E-state index contributed by atoms with van der Waals surface area (Å²) < 4.78 is 21.2. The Kier molecular flexibility index (Phi) is 180. The molecule has 17 heteroatoms. The Morgan fingerprint density at radius 1 is 0.331 bits per heavy atom. The van der Waals surface area contributed by atoms with Gasteiger partial charge >= 0.3 is 0 Å². The number of rotatable bonds is 20. The molecule has 0 saturated heterocycles. The quantitative estimate of drug-likeness (QED) is 0.0706. The van der Waals surface area contributed by atoms with Crippen LogP contribution in [0, 0.1) is 113 Å². The minimum atomic E-state index is -0.645. The molecule has 1 rings (SSSR count). The Morgan fingerprint density at radius 2 is 0.534 bits per heavy atom. The predicted molar refractivity (Wildman–Crippen MR) is 531 cm³/mol. The van der Waals surface area contributed by atoms with E-state index < -0.39 is 6.67 Å². The van der Waals surface area contributed by atoms with Gasteiger partial charge in [-0.25, -0.2) is 4.39 Å². The van der Waals surface area contributed by atoms with E-state index in [0.29, 0.717) is 48.0 Å². The number of oxime groups is 6. The second kappa shape index (κ2) is 139. The molecule has 1 fully saturated rings. The third-order valence-corrected chi connectivity index (χ3v) is 8.33. The summed E-state index contributed by atoms with van der Waals surface area (Å²) >= 11 is 0. The van der Waals surface area contributed by atoms with Crippen LogP contribution in [0.5, 0.6) is 0 Å². The SMILES string of the molecule is CC#C/C(=N\OC(C)C)C(C)C.CC(=O)NCC#C/C(=N\OC(C)C)C(C)C.CC(C)O/N=C(\C#CC1CC1)C(C)C.CC(C)O/N=C(\C#CCF)C(C)C.CCC.CCC.CCC.CCC.CCC.CCC.CCC.CCC.CCC.CCC.CCC.CCC.COC#C/C(=N\OC(C)C)C(C)C.COCC#C/C(=N\OC(C)C)C(C)C. The first-order valence-corrected chi connectivity index (χ1v) is 45.5. The Morgan fingerprint density at radius 3 is 0.712 bits per heavy atom. The zero-order valence-corrected chi connectivity index (χ0v) is 88.3. The fourth-order valence-electron chi connectivity index (χ4n) is 3.87. The number of nitrogens with zero attached hydrogens (tertiary/aromatic N) is 6. The Hall–Kier alpha value is -6.66. The normalized spacial score (nSPS) is 10.3. The van der Waals surface area contributed by atoms with Gasteiger partial charge in [0.1, 0.15) is 83.6 Å². The number of carbonyl (C=O) groups excluding carboxylic acids is 1. The van der Waals surface area contributed by atoms with E-state index in [1.54, 1.807) is 14.0 Å². The molecule has 1 aliphatic rings. The molecule has 16 nitrogen and oxygen atoms in total. The summed E-state index contributed by atoms with van der Waals surface area (Å²) in [5, 5.41) is 26.3. The number of halogens is 1. The number of hydrogen-bond acceptors (Lipinski definition) is 15. The van der Waals surface area contributed by atoms with Gasteiger partial charge in [0, 0.05) is 55.5 Å². The van der Waals surface area contributed by atoms with Crippen molar-refractivity contribution in [2.24, 2.45) is 72.4 Å². The first kappa shape index (κ1) is 152. The van der Waals surface area contributed by atoms with E-state index in [0.717, 1.165) is 17.1 Å². The van der Waals surface area contributed by atoms with Gasteiger partial charge in [0.05, 0.1) is 13.7 Å². The van der Waals surface area contributed by atoms with E-state index in [1.165, 1.54) is 104 Å². The average Bonchev–Trinajstić information content (AvgIpc) is 1.78. The molecule has 0 aliphatic heterocycles. The number of methoxy groups -OCH3 is 2. The second-order valence-electron chi connectivity index (χ2n) is 29.9. The molecule has 0 radical (unpaired) electrons. The van der Waals surface area contributed by atoms with Crippen LogP contribution in [0.25, 0.3) is 0 Å². The van der Waals surface area contributed by atoms with Crippen molar-refractivity contribution in [3.05, 3.63) is 0 Å². The lowest BCUT2D eigenvalue weighted by Gasteiger charge is -2.05. The van der Waals surface area contributed by atoms with Crippen LogP contribution in [0.4, 0.5) is 4.39 Å². The molecule has 118 heavy (non-hydrogen) atoms. The molecule has 0 aromatic heterocycles. The summed E-state index contributed by atoms with van der Waals surface area (Å²) in [4.78, 5) is 41.3. The monoisotopic (exact) mass is 1680 g/mol. The summed E-state index contributed by atoms with van der Waals surface area (Å²) in [7, 11) is 3.14. The Balaban J connectivity index is -0.0000000638. The molecule has 1 aliphatic carbocycles. The smallest absolute Gasteiger partial charge is 0.217 e. The van der Waals surface area contributed by atoms with Crippen LogP contribution in [0.3, 0.4) is 0 Å². The molecule has 1 saturated carbocycles. The second-order valence-corrected chi connectivity index (χ2v) is 29.9. The largest absolute Gasteiger partial charge is 0.450 e. The van der Waals surface area contributed by atoms with Crippen molar-refractivity contribution in [1.82, 2.24) is 5.32 Å². The molecule has 0 aromatic carbocycles. The summed E-state index contributed by atoms with van der Waals surface area (Å²) in [6.07, 6.45) is 20.5. The van der Waals surface area contributed by atoms with E-state index in [4.69, 9.17) is 33.8 Å². The zero-order valence-electron chi connectivity index (χ0n) is 88.3. The molecule has 704 valence electrons. The minimum absolute atomic E-state index is 0.0286. The van der Waals surface area contributed by atoms with Crippen LogP contribution in [0.2, 0.25) is 0 Å². The standard InChI is InChI=1S/C12H20N2O2.C12H19NO.C11H19NO2.C10H16FNO.C10H17NO2.C10H17NO.12C3H8/c1-9(2)12(14-16-10(3)4)7-6-8-13-11(5)15;1-9(2)12(13-14-10(3)4)8-7-11-5-6-11;1-9(2)11(7-6-8-13-5)12-14-10(3)4;1-8(2)10(6-5-7-11)12-13-9(3)4;1-8(2)10(6-7-12-5)11-13-9(3)4;1-6-7-10(8(2)3)11-12-9(4)5;12*1-3-2/h9-10H,8H2,1-5H3,(H,13,15);9-11H,5-6H2,1-4H3;9-10H,8H2,1-5H3;8-9H,7H2,1-4H3;8-9H,1-5H3;8-9H,1-5H3;12*3H2,1-2H3/b14-12+;13-12+;12-11+;12-10+;2*11-10+;;;;;;;;;;;;. The van der Waals surface area contributed by atoms with Crippen molar-refractivity contribution < 1.29 is 47.7 Å². The van der Waals surface area contributed by atoms with E-state index in [2.05, 4.69) is 292 Å². The lowest BCUT2D eigenvalue weighted by atomic mass is 10.1. The number of hydrogen-bond donors (Lipinski definition) is 1. The molecule has 0 bridgehead atoms. The number of carbonyl (C=O) groups is 1. The van der Waals surface area contributed by atoms with Gasteiger partial charge in [-0.2, -0.15) is 0 Å². The summed E-state index contributed by atoms with van der Waals surface area (Å²) in [5.41, 5.74) is 4.42. The molecule has 0 aromatic rings. The number of nitrogens with one attached hydrogen (secondary N) is 1. The van der Waals surface area contributed by atoms with Crippen LogP contribution in [0.1, 0.15) is 436 Å². The lowest BCUT2D eigenvalue weighted by molar-refractivity contribution is -0.118. The average molecular weight is 1680 g/mol. The number of amides is 1. The van der Waals surface area contributed by atoms with Gasteiger partial charge in [-0.1, -0.05) is 387 Å². The molecule has 0 spiro atoms. The van der Waals surface area contributed by atoms with Crippen LogP contribution < -0.4 is 5.32 Å². The highest BCUT2D eigenvalue weighted by molar-refractivity contribution is 6.03. The first-order chi connectivity index (χ1) is 55.3. The maximum atomic E-state index is 11.7. The van der Waals surface area contributed by atoms with Crippen LogP contribution in [0.15, 0.2) is 30.9 Å². The minimum Gasteiger partial charge on any atom is -0.450 e. The van der Waals surface area contributed by atoms with Crippen molar-refractivity contribution in [3.8, 4) is 71.2 Å². The fraction of sp³-hybridized carbons (Fsp3) is 0.812. The van der Waals surface area contributed by atoms with E-state index in [-0.39, 0.29) is 66.2 Å². The maximum absolute atomic E-state index is 11.7.